The largest absolute Gasteiger partial charge is 0.378 e. The minimum Gasteiger partial charge on any atom is -0.378 e. The first kappa shape index (κ1) is 29.9. The number of hydrogen-bond acceptors (Lipinski definition) is 5. The molecule has 0 bridgehead atoms. The summed E-state index contributed by atoms with van der Waals surface area (Å²) in [6.07, 6.45) is 0.266. The van der Waals surface area contributed by atoms with Crippen LogP contribution < -0.4 is 5.73 Å². The molecule has 40 heavy (non-hydrogen) atoms. The summed E-state index contributed by atoms with van der Waals surface area (Å²) in [5.74, 6) is 0.149. The molecule has 1 aliphatic rings. The monoisotopic (exact) mass is 574 g/mol. The van der Waals surface area contributed by atoms with Gasteiger partial charge in [-0.15, -0.1) is 0 Å². The zero-order valence-electron chi connectivity index (χ0n) is 23.2. The third-order valence-electron chi connectivity index (χ3n) is 6.89. The number of hydrogen-bond donors (Lipinski definition) is 1. The Morgan fingerprint density at radius 1 is 1.18 bits per heavy atom. The molecule has 8 nitrogen and oxygen atoms in total. The average Bonchev–Trinajstić information content (AvgIpc) is 3.34. The SMILES string of the molecule is CC(C)(C)[C@H](c1nc(-c2cc(Cl)ccc2F)nn1Cc1ccccc1)N(CCC(N)CF)C(=O)N1CCOCC1. The van der Waals surface area contributed by atoms with Gasteiger partial charge >= 0.3 is 6.03 Å². The summed E-state index contributed by atoms with van der Waals surface area (Å²) in [7, 11) is 0. The maximum Gasteiger partial charge on any atom is 0.320 e. The first-order valence-electron chi connectivity index (χ1n) is 13.5. The highest BCUT2D eigenvalue weighted by Crippen LogP contribution is 2.39. The fourth-order valence-corrected chi connectivity index (χ4v) is 5.03. The van der Waals surface area contributed by atoms with Gasteiger partial charge in [-0.3, -0.25) is 0 Å². The highest BCUT2D eigenvalue weighted by molar-refractivity contribution is 6.30. The van der Waals surface area contributed by atoms with E-state index in [0.717, 1.165) is 5.56 Å². The molecule has 2 amide bonds. The van der Waals surface area contributed by atoms with E-state index in [1.807, 2.05) is 51.1 Å². The summed E-state index contributed by atoms with van der Waals surface area (Å²) in [6.45, 7) is 7.65. The van der Waals surface area contributed by atoms with E-state index in [1.165, 1.54) is 18.2 Å². The number of carbonyl (C=O) groups is 1. The van der Waals surface area contributed by atoms with Crippen LogP contribution in [0, 0.1) is 11.2 Å². The van der Waals surface area contributed by atoms with E-state index in [2.05, 4.69) is 0 Å². The Hall–Kier alpha value is -3.08. The van der Waals surface area contributed by atoms with Crippen LogP contribution in [0.1, 0.15) is 44.6 Å². The van der Waals surface area contributed by atoms with E-state index in [4.69, 9.17) is 32.2 Å². The third-order valence-corrected chi connectivity index (χ3v) is 7.12. The number of carbonyl (C=O) groups excluding carboxylic acids is 1. The molecule has 4 rings (SSSR count). The zero-order valence-corrected chi connectivity index (χ0v) is 24.0. The molecular weight excluding hydrogens is 538 g/mol. The van der Waals surface area contributed by atoms with Crippen LogP contribution in [0.25, 0.3) is 11.4 Å². The van der Waals surface area contributed by atoms with E-state index >= 15 is 0 Å². The first-order valence-corrected chi connectivity index (χ1v) is 13.8. The number of halogens is 3. The molecule has 2 N–H and O–H groups in total. The Bertz CT molecular complexity index is 1280. The van der Waals surface area contributed by atoms with Crippen LogP contribution in [0.2, 0.25) is 5.02 Å². The molecule has 2 aromatic carbocycles. The Kier molecular flexibility index (Phi) is 9.76. The minimum atomic E-state index is -0.709. The molecule has 11 heteroatoms. The molecule has 216 valence electrons. The highest BCUT2D eigenvalue weighted by atomic mass is 35.5. The Labute approximate surface area is 239 Å². The van der Waals surface area contributed by atoms with Gasteiger partial charge in [0, 0.05) is 30.7 Å². The van der Waals surface area contributed by atoms with Crippen molar-refractivity contribution in [2.75, 3.05) is 39.5 Å². The summed E-state index contributed by atoms with van der Waals surface area (Å²) < 4.78 is 35.5. The fraction of sp³-hybridized carbons (Fsp3) is 0.483. The molecule has 2 heterocycles. The second-order valence-corrected chi connectivity index (χ2v) is 11.5. The number of rotatable bonds is 9. The van der Waals surface area contributed by atoms with E-state index in [-0.39, 0.29) is 30.4 Å². The lowest BCUT2D eigenvalue weighted by Crippen LogP contribution is -2.52. The zero-order chi connectivity index (χ0) is 28.9. The van der Waals surface area contributed by atoms with Gasteiger partial charge in [-0.25, -0.2) is 23.2 Å². The number of nitrogens with zero attached hydrogens (tertiary/aromatic N) is 5. The van der Waals surface area contributed by atoms with Gasteiger partial charge in [0.15, 0.2) is 11.6 Å². The summed E-state index contributed by atoms with van der Waals surface area (Å²) in [5.41, 5.74) is 6.55. The molecule has 0 radical (unpaired) electrons. The molecular formula is C29H37ClF2N6O2. The molecule has 0 saturated carbocycles. The van der Waals surface area contributed by atoms with Crippen molar-refractivity contribution in [1.82, 2.24) is 24.6 Å². The van der Waals surface area contributed by atoms with Crippen molar-refractivity contribution < 1.29 is 18.3 Å². The topological polar surface area (TPSA) is 89.5 Å². The fourth-order valence-electron chi connectivity index (χ4n) is 4.86. The van der Waals surface area contributed by atoms with Crippen molar-refractivity contribution in [1.29, 1.82) is 0 Å². The lowest BCUT2D eigenvalue weighted by atomic mass is 9.84. The summed E-state index contributed by atoms with van der Waals surface area (Å²) in [4.78, 5) is 22.3. The molecule has 1 aliphatic heterocycles. The molecule has 0 spiro atoms. The van der Waals surface area contributed by atoms with E-state index in [1.54, 1.807) is 14.5 Å². The number of morpholine rings is 1. The Morgan fingerprint density at radius 2 is 1.88 bits per heavy atom. The normalized spacial score (nSPS) is 15.6. The molecule has 1 fully saturated rings. The van der Waals surface area contributed by atoms with Crippen molar-refractivity contribution >= 4 is 17.6 Å². The van der Waals surface area contributed by atoms with E-state index in [9.17, 15) is 13.6 Å². The van der Waals surface area contributed by atoms with E-state index in [0.29, 0.717) is 43.7 Å². The number of ether oxygens (including phenoxy) is 1. The van der Waals surface area contributed by atoms with Crippen molar-refractivity contribution in [3.8, 4) is 11.4 Å². The lowest BCUT2D eigenvalue weighted by molar-refractivity contribution is 0.0275. The molecule has 2 atom stereocenters. The number of nitrogens with two attached hydrogens (primary N) is 1. The van der Waals surface area contributed by atoms with Crippen molar-refractivity contribution in [3.63, 3.8) is 0 Å². The smallest absolute Gasteiger partial charge is 0.320 e. The number of amides is 2. The number of urea groups is 1. The number of aromatic nitrogens is 3. The van der Waals surface area contributed by atoms with Gasteiger partial charge in [-0.1, -0.05) is 62.7 Å². The lowest BCUT2D eigenvalue weighted by Gasteiger charge is -2.42. The van der Waals surface area contributed by atoms with Gasteiger partial charge in [0.05, 0.1) is 31.4 Å². The second-order valence-electron chi connectivity index (χ2n) is 11.1. The predicted octanol–water partition coefficient (Wildman–Crippen LogP) is 5.31. The van der Waals surface area contributed by atoms with Gasteiger partial charge in [0.25, 0.3) is 0 Å². The van der Waals surface area contributed by atoms with Gasteiger partial charge in [0.1, 0.15) is 12.5 Å². The van der Waals surface area contributed by atoms with Crippen LogP contribution in [-0.2, 0) is 11.3 Å². The molecule has 1 aromatic heterocycles. The number of benzene rings is 2. The predicted molar refractivity (Wildman–Crippen MR) is 151 cm³/mol. The Morgan fingerprint density at radius 3 is 2.52 bits per heavy atom. The van der Waals surface area contributed by atoms with Crippen LogP contribution >= 0.6 is 11.6 Å². The standard InChI is InChI=1S/C29H37ClF2N6O2/c1-29(2,3)25(37(12-11-22(33)18-31)28(39)36-13-15-40-16-14-36)27-34-26(23-17-21(30)9-10-24(23)32)35-38(27)19-20-7-5-4-6-8-20/h4-10,17,22,25H,11-16,18-19,33H2,1-3H3/t22?,25-/m0/s1. The van der Waals surface area contributed by atoms with Crippen LogP contribution in [-0.4, -0.2) is 76.2 Å². The van der Waals surface area contributed by atoms with Crippen LogP contribution in [0.3, 0.4) is 0 Å². The second kappa shape index (κ2) is 13.1. The van der Waals surface area contributed by atoms with Gasteiger partial charge in [-0.2, -0.15) is 5.10 Å². The molecule has 0 aliphatic carbocycles. The summed E-state index contributed by atoms with van der Waals surface area (Å²) in [5, 5.41) is 5.08. The minimum absolute atomic E-state index is 0.165. The maximum atomic E-state index is 15.0. The van der Waals surface area contributed by atoms with Crippen molar-refractivity contribution in [3.05, 3.63) is 70.8 Å². The quantitative estimate of drug-likeness (QED) is 0.374. The summed E-state index contributed by atoms with van der Waals surface area (Å²) >= 11 is 6.20. The molecule has 1 unspecified atom stereocenters. The molecule has 1 saturated heterocycles. The Balaban J connectivity index is 1.85. The van der Waals surface area contributed by atoms with Crippen molar-refractivity contribution in [2.45, 2.75) is 45.8 Å². The van der Waals surface area contributed by atoms with Crippen molar-refractivity contribution in [2.24, 2.45) is 11.1 Å². The van der Waals surface area contributed by atoms with Gasteiger partial charge < -0.3 is 20.3 Å². The first-order chi connectivity index (χ1) is 19.1. The van der Waals surface area contributed by atoms with E-state index < -0.39 is 30.0 Å². The summed E-state index contributed by atoms with van der Waals surface area (Å²) in [6, 6.07) is 12.4. The van der Waals surface area contributed by atoms with Crippen LogP contribution in [0.15, 0.2) is 48.5 Å². The van der Waals surface area contributed by atoms with Gasteiger partial charge in [0.2, 0.25) is 0 Å². The van der Waals surface area contributed by atoms with Gasteiger partial charge in [-0.05, 0) is 35.6 Å². The molecule has 3 aromatic rings. The third kappa shape index (κ3) is 7.16. The average molecular weight is 575 g/mol. The van der Waals surface area contributed by atoms with Crippen LogP contribution in [0.4, 0.5) is 13.6 Å². The highest BCUT2D eigenvalue weighted by Gasteiger charge is 2.40. The maximum absolute atomic E-state index is 15.0. The number of alkyl halides is 1. The van der Waals surface area contributed by atoms with Crippen LogP contribution in [0.5, 0.6) is 0 Å².